The lowest BCUT2D eigenvalue weighted by atomic mass is 9.86. The fraction of sp³-hybridized carbons (Fsp3) is 0.750. The van der Waals surface area contributed by atoms with E-state index in [1.807, 2.05) is 6.92 Å². The van der Waals surface area contributed by atoms with Crippen LogP contribution in [0.3, 0.4) is 0 Å². The summed E-state index contributed by atoms with van der Waals surface area (Å²) in [6.07, 6.45) is 0.534. The van der Waals surface area contributed by atoms with Crippen LogP contribution in [-0.2, 0) is 14.4 Å². The van der Waals surface area contributed by atoms with Crippen molar-refractivity contribution < 1.29 is 14.4 Å². The number of hydrogen-bond acceptors (Lipinski definition) is 3. The molecule has 0 aromatic heterocycles. The van der Waals surface area contributed by atoms with Crippen molar-refractivity contribution in [3.8, 4) is 0 Å². The van der Waals surface area contributed by atoms with E-state index in [2.05, 4.69) is 0 Å². The summed E-state index contributed by atoms with van der Waals surface area (Å²) in [5.74, 6) is -0.951. The van der Waals surface area contributed by atoms with E-state index < -0.39 is 5.92 Å². The van der Waals surface area contributed by atoms with Gasteiger partial charge in [-0.15, -0.1) is 0 Å². The van der Waals surface area contributed by atoms with Crippen LogP contribution in [-0.4, -0.2) is 17.3 Å². The third-order valence-electron chi connectivity index (χ3n) is 2.92. The standard InChI is InChI=1S/C12H20O3/c1-7(10(4)13)6-8(2)12(15)9(3)11(5)14/h7-9H,6H2,1-5H3. The number of ketones is 3. The molecule has 86 valence electrons. The van der Waals surface area contributed by atoms with Gasteiger partial charge in [-0.2, -0.15) is 0 Å². The van der Waals surface area contributed by atoms with Crippen molar-refractivity contribution >= 4 is 17.3 Å². The van der Waals surface area contributed by atoms with Crippen LogP contribution in [0, 0.1) is 17.8 Å². The average molecular weight is 212 g/mol. The van der Waals surface area contributed by atoms with E-state index in [-0.39, 0.29) is 29.2 Å². The maximum absolute atomic E-state index is 11.7. The fourth-order valence-corrected chi connectivity index (χ4v) is 1.44. The molecule has 0 heterocycles. The lowest BCUT2D eigenvalue weighted by Gasteiger charge is -2.16. The predicted octanol–water partition coefficient (Wildman–Crippen LogP) is 2.03. The second-order valence-electron chi connectivity index (χ2n) is 4.38. The Labute approximate surface area is 91.2 Å². The van der Waals surface area contributed by atoms with Gasteiger partial charge in [0.05, 0.1) is 5.92 Å². The first kappa shape index (κ1) is 14.0. The van der Waals surface area contributed by atoms with Gasteiger partial charge in [0.1, 0.15) is 17.3 Å². The van der Waals surface area contributed by atoms with Gasteiger partial charge in [-0.3, -0.25) is 14.4 Å². The van der Waals surface area contributed by atoms with Gasteiger partial charge >= 0.3 is 0 Å². The Bertz CT molecular complexity index is 268. The first-order valence-corrected chi connectivity index (χ1v) is 5.32. The smallest absolute Gasteiger partial charge is 0.145 e. The van der Waals surface area contributed by atoms with Gasteiger partial charge in [0.15, 0.2) is 0 Å². The highest BCUT2D eigenvalue weighted by Crippen LogP contribution is 2.17. The number of hydrogen-bond donors (Lipinski definition) is 0. The Kier molecular flexibility index (Phi) is 5.40. The average Bonchev–Trinajstić information content (AvgIpc) is 2.14. The van der Waals surface area contributed by atoms with E-state index in [0.29, 0.717) is 6.42 Å². The first-order chi connectivity index (χ1) is 6.77. The molecule has 15 heavy (non-hydrogen) atoms. The van der Waals surface area contributed by atoms with Gasteiger partial charge in [-0.25, -0.2) is 0 Å². The van der Waals surface area contributed by atoms with Crippen molar-refractivity contribution in [1.29, 1.82) is 0 Å². The summed E-state index contributed by atoms with van der Waals surface area (Å²) < 4.78 is 0. The molecule has 0 spiro atoms. The molecular formula is C12H20O3. The highest BCUT2D eigenvalue weighted by molar-refractivity contribution is 6.01. The highest BCUT2D eigenvalue weighted by atomic mass is 16.2. The molecule has 0 aliphatic rings. The van der Waals surface area contributed by atoms with Gasteiger partial charge < -0.3 is 0 Å². The summed E-state index contributed by atoms with van der Waals surface area (Å²) in [5, 5.41) is 0. The molecule has 0 amide bonds. The van der Waals surface area contributed by atoms with Crippen LogP contribution >= 0.6 is 0 Å². The molecule has 3 nitrogen and oxygen atoms in total. The minimum absolute atomic E-state index is 0.0596. The minimum Gasteiger partial charge on any atom is -0.300 e. The van der Waals surface area contributed by atoms with Gasteiger partial charge in [0, 0.05) is 11.8 Å². The molecule has 0 radical (unpaired) electrons. The molecule has 0 N–H and O–H groups in total. The maximum atomic E-state index is 11.7. The maximum Gasteiger partial charge on any atom is 0.145 e. The molecule has 0 aromatic carbocycles. The molecule has 0 fully saturated rings. The Hall–Kier alpha value is -0.990. The molecular weight excluding hydrogens is 192 g/mol. The van der Waals surface area contributed by atoms with Crippen LogP contribution in [0.5, 0.6) is 0 Å². The summed E-state index contributed by atoms with van der Waals surface area (Å²) >= 11 is 0. The van der Waals surface area contributed by atoms with Crippen molar-refractivity contribution in [2.24, 2.45) is 17.8 Å². The van der Waals surface area contributed by atoms with E-state index in [0.717, 1.165) is 0 Å². The monoisotopic (exact) mass is 212 g/mol. The largest absolute Gasteiger partial charge is 0.300 e. The van der Waals surface area contributed by atoms with Crippen molar-refractivity contribution in [3.05, 3.63) is 0 Å². The third-order valence-corrected chi connectivity index (χ3v) is 2.92. The molecule has 0 aromatic rings. The van der Waals surface area contributed by atoms with E-state index in [1.165, 1.54) is 13.8 Å². The number of Topliss-reactive ketones (excluding diaryl/α,β-unsaturated/α-hetero) is 3. The molecule has 0 saturated heterocycles. The van der Waals surface area contributed by atoms with Crippen LogP contribution in [0.15, 0.2) is 0 Å². The van der Waals surface area contributed by atoms with Gasteiger partial charge in [-0.1, -0.05) is 13.8 Å². The van der Waals surface area contributed by atoms with Crippen LogP contribution in [0.2, 0.25) is 0 Å². The van der Waals surface area contributed by atoms with Crippen molar-refractivity contribution in [2.75, 3.05) is 0 Å². The Morgan fingerprint density at radius 1 is 0.867 bits per heavy atom. The summed E-state index contributed by atoms with van der Waals surface area (Å²) in [4.78, 5) is 33.8. The number of carbonyl (C=O) groups is 3. The van der Waals surface area contributed by atoms with E-state index in [1.54, 1.807) is 13.8 Å². The third kappa shape index (κ3) is 4.36. The molecule has 3 unspecified atom stereocenters. The SMILES string of the molecule is CC(=O)C(C)CC(C)C(=O)C(C)C(C)=O. The van der Waals surface area contributed by atoms with Crippen molar-refractivity contribution in [2.45, 2.75) is 41.0 Å². The topological polar surface area (TPSA) is 51.2 Å². The van der Waals surface area contributed by atoms with Gasteiger partial charge in [-0.05, 0) is 27.2 Å². The number of rotatable bonds is 6. The molecule has 3 heteroatoms. The molecule has 0 rings (SSSR count). The second-order valence-corrected chi connectivity index (χ2v) is 4.38. The summed E-state index contributed by atoms with van der Waals surface area (Å²) in [6.45, 7) is 8.16. The normalized spacial score (nSPS) is 16.6. The summed E-state index contributed by atoms with van der Waals surface area (Å²) in [5.41, 5.74) is 0. The quantitative estimate of drug-likeness (QED) is 0.633. The van der Waals surface area contributed by atoms with Gasteiger partial charge in [0.25, 0.3) is 0 Å². The van der Waals surface area contributed by atoms with Crippen molar-refractivity contribution in [1.82, 2.24) is 0 Å². The van der Waals surface area contributed by atoms with E-state index >= 15 is 0 Å². The highest BCUT2D eigenvalue weighted by Gasteiger charge is 2.25. The lowest BCUT2D eigenvalue weighted by molar-refractivity contribution is -0.133. The molecule has 0 saturated carbocycles. The lowest BCUT2D eigenvalue weighted by Crippen LogP contribution is -2.26. The summed E-state index contributed by atoms with van der Waals surface area (Å²) in [6, 6.07) is 0. The van der Waals surface area contributed by atoms with Crippen molar-refractivity contribution in [3.63, 3.8) is 0 Å². The minimum atomic E-state index is -0.542. The molecule has 0 bridgehead atoms. The van der Waals surface area contributed by atoms with E-state index in [4.69, 9.17) is 0 Å². The Balaban J connectivity index is 4.33. The van der Waals surface area contributed by atoms with Crippen LogP contribution < -0.4 is 0 Å². The molecule has 0 aliphatic heterocycles. The predicted molar refractivity (Wildman–Crippen MR) is 58.5 cm³/mol. The Morgan fingerprint density at radius 2 is 1.33 bits per heavy atom. The summed E-state index contributed by atoms with van der Waals surface area (Å²) in [7, 11) is 0. The first-order valence-electron chi connectivity index (χ1n) is 5.32. The fourth-order valence-electron chi connectivity index (χ4n) is 1.44. The van der Waals surface area contributed by atoms with E-state index in [9.17, 15) is 14.4 Å². The van der Waals surface area contributed by atoms with Crippen LogP contribution in [0.4, 0.5) is 0 Å². The zero-order chi connectivity index (χ0) is 12.2. The van der Waals surface area contributed by atoms with Crippen LogP contribution in [0.1, 0.15) is 41.0 Å². The number of carbonyl (C=O) groups excluding carboxylic acids is 3. The zero-order valence-electron chi connectivity index (χ0n) is 10.2. The molecule has 0 aliphatic carbocycles. The van der Waals surface area contributed by atoms with Crippen LogP contribution in [0.25, 0.3) is 0 Å². The van der Waals surface area contributed by atoms with Gasteiger partial charge in [0.2, 0.25) is 0 Å². The molecule has 3 atom stereocenters. The zero-order valence-corrected chi connectivity index (χ0v) is 10.2. The Morgan fingerprint density at radius 3 is 1.67 bits per heavy atom. The second kappa shape index (κ2) is 5.79.